The van der Waals surface area contributed by atoms with Crippen molar-refractivity contribution < 1.29 is 164 Å². The SMILES string of the molecule is CC(C)CC(C)C.CC(C)CC=CCC(C)C.CC(C)CC=CCC=CCC(C)C.[CH2-]C(C)C.[CH2-]C(C)C.[CH2-]C(C)C.[CH2-]C(C)C.[CH2-]C(C)C.[CH2-]C(C)C.[CH2-]C=CCC(C)C.[CH2-]C=CCC(C)C.[CH3-].[Y].[Y].[Y].[Y].[Y]. The predicted octanol–water partition coefficient (Wildman–Crippen LogP) is 25.0. The first-order valence-electron chi connectivity index (χ1n) is 27.6. The maximum Gasteiger partial charge on any atom is 0 e. The van der Waals surface area contributed by atoms with Gasteiger partial charge in [0, 0.05) is 164 Å². The minimum absolute atomic E-state index is 0. The molecule has 0 atom stereocenters. The van der Waals surface area contributed by atoms with E-state index in [9.17, 15) is 0 Å². The van der Waals surface area contributed by atoms with Gasteiger partial charge >= 0.3 is 0 Å². The molecule has 0 saturated carbocycles. The summed E-state index contributed by atoms with van der Waals surface area (Å²) in [5.74, 6) is 10.00. The molecule has 0 rings (SSSR count). The van der Waals surface area contributed by atoms with Gasteiger partial charge in [-0.3, -0.25) is 0 Å². The Morgan fingerprint density at radius 3 is 0.432 bits per heavy atom. The Hall–Kier alpha value is 3.96. The van der Waals surface area contributed by atoms with E-state index in [2.05, 4.69) is 298 Å². The maximum atomic E-state index is 3.64. The fourth-order valence-corrected chi connectivity index (χ4v) is 3.42. The summed E-state index contributed by atoms with van der Waals surface area (Å²) in [6.45, 7) is 89.5. The van der Waals surface area contributed by atoms with E-state index in [4.69, 9.17) is 0 Å². The molecule has 0 heterocycles. The van der Waals surface area contributed by atoms with E-state index >= 15 is 0 Å². The average Bonchev–Trinajstić information content (AvgIpc) is 3.10. The van der Waals surface area contributed by atoms with Crippen molar-refractivity contribution >= 4 is 0 Å². The van der Waals surface area contributed by atoms with E-state index in [1.807, 2.05) is 12.2 Å². The summed E-state index contributed by atoms with van der Waals surface area (Å²) in [6.07, 6.45) is 31.2. The van der Waals surface area contributed by atoms with Crippen LogP contribution in [-0.4, -0.2) is 0 Å². The first-order valence-corrected chi connectivity index (χ1v) is 27.6. The predicted molar refractivity (Wildman–Crippen MR) is 340 cm³/mol. The van der Waals surface area contributed by atoms with Crippen molar-refractivity contribution in [3.63, 3.8) is 0 Å². The molecule has 0 fully saturated rings. The second-order valence-corrected chi connectivity index (χ2v) is 23.8. The standard InChI is InChI=1S/C13H24.C10H20.C7H16.2C7H13.6C4H9.CH3.5Y/c1-12(2)10-8-6-5-7-9-11-13(3)4;1-9(2)7-5-6-8-10(3)4;1-6(2)5-7(3)4;2*1-4-5-6-7(2)3;6*1-4(2)3;;;;;;/h6-9,12-13H,5,10-11H2,1-4H3;5-6,9-10H,7-8H2,1-4H3;6-7H,5H2,1-4H3;2*4-5,7H,1,6H2,2-3H3;6*4H,1H2,2-3H3;1H3;;;;;/q;;;9*-1;;;;;. The van der Waals surface area contributed by atoms with Gasteiger partial charge in [0.25, 0.3) is 0 Å². The average molecular weight is 1420 g/mol. The molecule has 0 aromatic rings. The number of hydrogen-bond acceptors (Lipinski definition) is 0. The maximum absolute atomic E-state index is 3.64. The molecule has 5 radical (unpaired) electrons. The molecular weight excluding hydrogens is 1270 g/mol. The zero-order valence-corrected chi connectivity index (χ0v) is 71.2. The Kier molecular flexibility index (Phi) is 182. The topological polar surface area (TPSA) is 0 Å². The third-order valence-corrected chi connectivity index (χ3v) is 5.69. The molecule has 0 N–H and O–H groups in total. The summed E-state index contributed by atoms with van der Waals surface area (Å²) in [4.78, 5) is 0. The van der Waals surface area contributed by atoms with Crippen molar-refractivity contribution in [1.29, 1.82) is 0 Å². The summed E-state index contributed by atoms with van der Waals surface area (Å²) in [5.41, 5.74) is 0. The molecule has 74 heavy (non-hydrogen) atoms. The number of allylic oxidation sites excluding steroid dienone is 10. The molecule has 5 heteroatoms. The molecule has 0 saturated heterocycles. The zero-order valence-electron chi connectivity index (χ0n) is 57.1. The van der Waals surface area contributed by atoms with Crippen molar-refractivity contribution in [2.24, 2.45) is 82.9 Å². The van der Waals surface area contributed by atoms with Gasteiger partial charge in [-0.15, -0.1) is 0 Å². The van der Waals surface area contributed by atoms with Crippen molar-refractivity contribution in [1.82, 2.24) is 0 Å². The van der Waals surface area contributed by atoms with E-state index in [1.54, 1.807) is 0 Å². The molecule has 0 aliphatic carbocycles. The van der Waals surface area contributed by atoms with Gasteiger partial charge in [-0.25, -0.2) is 38.2 Å². The van der Waals surface area contributed by atoms with Gasteiger partial charge in [0.15, 0.2) is 0 Å². The van der Waals surface area contributed by atoms with Crippen molar-refractivity contribution in [2.45, 2.75) is 245 Å². The van der Waals surface area contributed by atoms with E-state index in [-0.39, 0.29) is 171 Å². The monoisotopic (exact) mass is 1420 g/mol. The summed E-state index contributed by atoms with van der Waals surface area (Å²) in [7, 11) is 0. The Balaban J connectivity index is -0.0000000328. The Bertz CT molecular complexity index is 796. The molecule has 0 aromatic carbocycles. The fourth-order valence-electron chi connectivity index (χ4n) is 3.42. The zero-order chi connectivity index (χ0) is 56.8. The molecule has 443 valence electrons. The van der Waals surface area contributed by atoms with Gasteiger partial charge in [-0.05, 0) is 74.0 Å². The van der Waals surface area contributed by atoms with Gasteiger partial charge in [-0.2, -0.15) is 35.5 Å². The van der Waals surface area contributed by atoms with Crippen molar-refractivity contribution in [2.75, 3.05) is 0 Å². The molecule has 0 amide bonds. The minimum Gasteiger partial charge on any atom is -0.358 e. The van der Waals surface area contributed by atoms with Crippen molar-refractivity contribution in [3.05, 3.63) is 124 Å². The second kappa shape index (κ2) is 109. The fraction of sp³-hybridized carbons (Fsp3) is 0.725. The van der Waals surface area contributed by atoms with Crippen LogP contribution < -0.4 is 0 Å². The summed E-state index contributed by atoms with van der Waals surface area (Å²) < 4.78 is 0. The van der Waals surface area contributed by atoms with Crippen LogP contribution in [0.5, 0.6) is 0 Å². The van der Waals surface area contributed by atoms with Crippen LogP contribution in [0.15, 0.2) is 60.8 Å². The largest absolute Gasteiger partial charge is 0.358 e. The number of hydrogen-bond donors (Lipinski definition) is 0. The Labute approximate surface area is 606 Å². The van der Waals surface area contributed by atoms with Crippen LogP contribution in [0.25, 0.3) is 0 Å². The van der Waals surface area contributed by atoms with Crippen LogP contribution in [0, 0.1) is 146 Å². The van der Waals surface area contributed by atoms with Crippen LogP contribution in [0.2, 0.25) is 0 Å². The third kappa shape index (κ3) is 393. The molecule has 0 aliphatic heterocycles. The second-order valence-electron chi connectivity index (χ2n) is 23.8. The van der Waals surface area contributed by atoms with Crippen LogP contribution >= 0.6 is 0 Å². The van der Waals surface area contributed by atoms with E-state index in [0.717, 1.165) is 66.6 Å². The molecule has 0 aromatic heterocycles. The van der Waals surface area contributed by atoms with Crippen LogP contribution in [0.4, 0.5) is 0 Å². The Morgan fingerprint density at radius 2 is 0.351 bits per heavy atom. The summed E-state index contributed by atoms with van der Waals surface area (Å²) in [5, 5.41) is 0. The first-order chi connectivity index (χ1) is 30.8. The molecule has 0 bridgehead atoms. The first kappa shape index (κ1) is 124. The quantitative estimate of drug-likeness (QED) is 0.107. The van der Waals surface area contributed by atoms with E-state index < -0.39 is 0 Å². The van der Waals surface area contributed by atoms with Gasteiger partial charge in [0.05, 0.1) is 0 Å². The molecule has 0 unspecified atom stereocenters. The molecule has 0 aliphatic rings. The van der Waals surface area contributed by atoms with Gasteiger partial charge in [0.2, 0.25) is 0 Å². The number of rotatable bonds is 16. The smallest absolute Gasteiger partial charge is 0 e. The summed E-state index contributed by atoms with van der Waals surface area (Å²) in [6, 6.07) is 0. The summed E-state index contributed by atoms with van der Waals surface area (Å²) >= 11 is 0. The normalized spacial score (nSPS) is 10.0. The molecule has 0 nitrogen and oxygen atoms in total. The molecule has 0 spiro atoms. The van der Waals surface area contributed by atoms with Gasteiger partial charge in [0.1, 0.15) is 0 Å². The van der Waals surface area contributed by atoms with Crippen LogP contribution in [0.3, 0.4) is 0 Å². The van der Waals surface area contributed by atoms with Crippen LogP contribution in [-0.2, 0) is 164 Å². The van der Waals surface area contributed by atoms with Crippen molar-refractivity contribution in [3.8, 4) is 0 Å². The molecular formula is C69H143Y5-9. The van der Waals surface area contributed by atoms with Crippen LogP contribution in [0.1, 0.15) is 245 Å². The third-order valence-electron chi connectivity index (χ3n) is 5.69. The van der Waals surface area contributed by atoms with E-state index in [0.29, 0.717) is 35.5 Å². The van der Waals surface area contributed by atoms with Gasteiger partial charge < -0.3 is 49.0 Å². The Morgan fingerprint density at radius 1 is 0.230 bits per heavy atom. The van der Waals surface area contributed by atoms with Gasteiger partial charge in [-0.1, -0.05) is 255 Å². The van der Waals surface area contributed by atoms with E-state index in [1.165, 1.54) is 32.1 Å². The minimum atomic E-state index is 0.